The van der Waals surface area contributed by atoms with Crippen molar-refractivity contribution >= 4 is 53.4 Å². The van der Waals surface area contributed by atoms with Crippen LogP contribution >= 0.6 is 11.3 Å². The van der Waals surface area contributed by atoms with Crippen LogP contribution in [0.4, 0.5) is 0 Å². The van der Waals surface area contributed by atoms with Gasteiger partial charge in [0.15, 0.2) is 17.5 Å². The molecule has 5 heteroatoms. The molecule has 0 spiro atoms. The zero-order valence-corrected chi connectivity index (χ0v) is 30.9. The molecule has 56 heavy (non-hydrogen) atoms. The minimum absolute atomic E-state index is 0.599. The van der Waals surface area contributed by atoms with Gasteiger partial charge in [0.05, 0.1) is 0 Å². The number of hydrogen-bond donors (Lipinski definition) is 0. The molecule has 8 aromatic carbocycles. The molecule has 262 valence electrons. The molecule has 0 aliphatic heterocycles. The smallest absolute Gasteiger partial charge is 0.164 e. The molecule has 0 unspecified atom stereocenters. The van der Waals surface area contributed by atoms with Gasteiger partial charge in [-0.2, -0.15) is 0 Å². The summed E-state index contributed by atoms with van der Waals surface area (Å²) < 4.78 is 9.20. The molecule has 0 aliphatic carbocycles. The lowest BCUT2D eigenvalue weighted by molar-refractivity contribution is 0.669. The van der Waals surface area contributed by atoms with E-state index in [2.05, 4.69) is 127 Å². The summed E-state index contributed by atoms with van der Waals surface area (Å²) in [6.07, 6.45) is 0. The molecule has 0 amide bonds. The Morgan fingerprint density at radius 2 is 0.839 bits per heavy atom. The van der Waals surface area contributed by atoms with Crippen LogP contribution < -0.4 is 0 Å². The average molecular weight is 734 g/mol. The Labute approximate surface area is 327 Å². The van der Waals surface area contributed by atoms with Gasteiger partial charge in [0.25, 0.3) is 0 Å². The molecule has 0 atom stereocenters. The van der Waals surface area contributed by atoms with Gasteiger partial charge in [-0.05, 0) is 69.8 Å². The molecule has 0 fully saturated rings. The maximum absolute atomic E-state index is 6.66. The third kappa shape index (κ3) is 5.56. The monoisotopic (exact) mass is 733 g/mol. The van der Waals surface area contributed by atoms with E-state index in [1.807, 2.05) is 72.0 Å². The number of rotatable bonds is 6. The lowest BCUT2D eigenvalue weighted by atomic mass is 9.93. The number of nitrogens with zero attached hydrogens (tertiary/aromatic N) is 3. The molecule has 11 aromatic rings. The Morgan fingerprint density at radius 3 is 1.52 bits per heavy atom. The van der Waals surface area contributed by atoms with E-state index in [0.29, 0.717) is 17.5 Å². The predicted molar refractivity (Wildman–Crippen MR) is 233 cm³/mol. The number of fused-ring (bicyclic) bond motifs is 6. The molecular formula is C51H31N3OS. The van der Waals surface area contributed by atoms with Crippen molar-refractivity contribution in [2.75, 3.05) is 0 Å². The van der Waals surface area contributed by atoms with Crippen molar-refractivity contribution in [1.29, 1.82) is 0 Å². The maximum Gasteiger partial charge on any atom is 0.164 e. The molecule has 0 bridgehead atoms. The van der Waals surface area contributed by atoms with Crippen molar-refractivity contribution in [3.05, 3.63) is 188 Å². The van der Waals surface area contributed by atoms with Gasteiger partial charge in [0, 0.05) is 47.6 Å². The summed E-state index contributed by atoms with van der Waals surface area (Å²) in [5, 5.41) is 4.68. The zero-order chi connectivity index (χ0) is 37.0. The summed E-state index contributed by atoms with van der Waals surface area (Å²) in [5.41, 5.74) is 11.6. The third-order valence-electron chi connectivity index (χ3n) is 10.5. The molecule has 3 heterocycles. The first kappa shape index (κ1) is 32.2. The highest BCUT2D eigenvalue weighted by molar-refractivity contribution is 7.26. The second-order valence-electron chi connectivity index (χ2n) is 14.0. The lowest BCUT2D eigenvalue weighted by Crippen LogP contribution is -2.00. The number of hydrogen-bond acceptors (Lipinski definition) is 5. The molecular weight excluding hydrogens is 703 g/mol. The van der Waals surface area contributed by atoms with Crippen LogP contribution in [0.3, 0.4) is 0 Å². The van der Waals surface area contributed by atoms with E-state index in [0.717, 1.165) is 44.2 Å². The summed E-state index contributed by atoms with van der Waals surface area (Å²) in [5.74, 6) is 1.86. The van der Waals surface area contributed by atoms with Crippen molar-refractivity contribution in [3.8, 4) is 67.5 Å². The quantitative estimate of drug-likeness (QED) is 0.171. The number of furan rings is 1. The van der Waals surface area contributed by atoms with Gasteiger partial charge in [0.1, 0.15) is 11.2 Å². The minimum Gasteiger partial charge on any atom is -0.456 e. The molecule has 0 aliphatic rings. The first-order valence-electron chi connectivity index (χ1n) is 18.7. The van der Waals surface area contributed by atoms with Crippen molar-refractivity contribution < 1.29 is 4.42 Å². The highest BCUT2D eigenvalue weighted by atomic mass is 32.1. The standard InChI is InChI=1S/C51H31N3OS/c1-4-13-32(14-5-1)35-19-12-20-36(29-35)39-27-28-40(48-47(39)43-21-10-11-22-46(43)56-48)37-23-25-41-42-26-24-38(31-45(42)55-44(41)30-37)51-53-49(33-15-6-2-7-16-33)52-50(54-51)34-17-8-3-9-18-34/h1-31H. The first-order chi connectivity index (χ1) is 27.7. The van der Waals surface area contributed by atoms with Crippen LogP contribution in [0.25, 0.3) is 110 Å². The fourth-order valence-electron chi connectivity index (χ4n) is 7.81. The van der Waals surface area contributed by atoms with Crippen LogP contribution in [-0.4, -0.2) is 15.0 Å². The van der Waals surface area contributed by atoms with Crippen LogP contribution in [0.5, 0.6) is 0 Å². The van der Waals surface area contributed by atoms with E-state index in [9.17, 15) is 0 Å². The summed E-state index contributed by atoms with van der Waals surface area (Å²) in [4.78, 5) is 14.8. The van der Waals surface area contributed by atoms with Crippen LogP contribution in [0.1, 0.15) is 0 Å². The average Bonchev–Trinajstić information content (AvgIpc) is 3.85. The third-order valence-corrected chi connectivity index (χ3v) is 11.8. The van der Waals surface area contributed by atoms with E-state index in [1.54, 1.807) is 0 Å². The molecule has 0 N–H and O–H groups in total. The number of thiophene rings is 1. The highest BCUT2D eigenvalue weighted by Crippen LogP contribution is 2.46. The Balaban J connectivity index is 1.02. The van der Waals surface area contributed by atoms with Gasteiger partial charge in [-0.15, -0.1) is 11.3 Å². The van der Waals surface area contributed by atoms with Gasteiger partial charge < -0.3 is 4.42 Å². The minimum atomic E-state index is 0.599. The zero-order valence-electron chi connectivity index (χ0n) is 30.1. The van der Waals surface area contributed by atoms with Crippen molar-refractivity contribution in [2.24, 2.45) is 0 Å². The highest BCUT2D eigenvalue weighted by Gasteiger charge is 2.18. The van der Waals surface area contributed by atoms with Gasteiger partial charge in [-0.1, -0.05) is 152 Å². The topological polar surface area (TPSA) is 51.8 Å². The van der Waals surface area contributed by atoms with Crippen molar-refractivity contribution in [1.82, 2.24) is 15.0 Å². The van der Waals surface area contributed by atoms with Crippen LogP contribution in [-0.2, 0) is 0 Å². The van der Waals surface area contributed by atoms with E-state index >= 15 is 0 Å². The van der Waals surface area contributed by atoms with Crippen molar-refractivity contribution in [2.45, 2.75) is 0 Å². The van der Waals surface area contributed by atoms with Crippen molar-refractivity contribution in [3.63, 3.8) is 0 Å². The first-order valence-corrected chi connectivity index (χ1v) is 19.5. The van der Waals surface area contributed by atoms with E-state index in [4.69, 9.17) is 19.4 Å². The second-order valence-corrected chi connectivity index (χ2v) is 15.0. The predicted octanol–water partition coefficient (Wildman–Crippen LogP) is 14.1. The van der Waals surface area contributed by atoms with E-state index < -0.39 is 0 Å². The lowest BCUT2D eigenvalue weighted by Gasteiger charge is -2.11. The van der Waals surface area contributed by atoms with E-state index in [-0.39, 0.29) is 0 Å². The largest absolute Gasteiger partial charge is 0.456 e. The SMILES string of the molecule is c1ccc(-c2cccc(-c3ccc(-c4ccc5c(c4)oc4cc(-c6nc(-c7ccccc7)nc(-c7ccccc7)n6)ccc45)c4sc5ccccc5c34)c2)cc1. The van der Waals surface area contributed by atoms with Crippen LogP contribution in [0.15, 0.2) is 192 Å². The van der Waals surface area contributed by atoms with Gasteiger partial charge >= 0.3 is 0 Å². The summed E-state index contributed by atoms with van der Waals surface area (Å²) in [6, 6.07) is 65.8. The number of benzene rings is 8. The Morgan fingerprint density at radius 1 is 0.339 bits per heavy atom. The molecule has 4 nitrogen and oxygen atoms in total. The Hall–Kier alpha value is -7.21. The molecule has 3 aromatic heterocycles. The molecule has 0 saturated heterocycles. The normalized spacial score (nSPS) is 11.6. The van der Waals surface area contributed by atoms with Crippen LogP contribution in [0.2, 0.25) is 0 Å². The van der Waals surface area contributed by atoms with Crippen LogP contribution in [0, 0.1) is 0 Å². The van der Waals surface area contributed by atoms with Gasteiger partial charge in [0.2, 0.25) is 0 Å². The molecule has 0 radical (unpaired) electrons. The maximum atomic E-state index is 6.66. The molecule has 0 saturated carbocycles. The fourth-order valence-corrected chi connectivity index (χ4v) is 9.08. The summed E-state index contributed by atoms with van der Waals surface area (Å²) >= 11 is 1.85. The van der Waals surface area contributed by atoms with E-state index in [1.165, 1.54) is 48.0 Å². The fraction of sp³-hybridized carbons (Fsp3) is 0. The van der Waals surface area contributed by atoms with Gasteiger partial charge in [-0.3, -0.25) is 0 Å². The molecule has 11 rings (SSSR count). The number of aromatic nitrogens is 3. The Bertz CT molecular complexity index is 3180. The second kappa shape index (κ2) is 13.3. The summed E-state index contributed by atoms with van der Waals surface area (Å²) in [6.45, 7) is 0. The summed E-state index contributed by atoms with van der Waals surface area (Å²) in [7, 11) is 0. The Kier molecular flexibility index (Phi) is 7.64. The van der Waals surface area contributed by atoms with Gasteiger partial charge in [-0.25, -0.2) is 15.0 Å².